The molecule has 2 aromatic carbocycles. The third-order valence-corrected chi connectivity index (χ3v) is 6.84. The smallest absolute Gasteiger partial charge is 0.272 e. The van der Waals surface area contributed by atoms with Crippen molar-refractivity contribution in [2.45, 2.75) is 35.6 Å². The first-order valence-electron chi connectivity index (χ1n) is 9.41. The maximum absolute atomic E-state index is 13.3. The molecule has 144 valence electrons. The van der Waals surface area contributed by atoms with Gasteiger partial charge in [0.05, 0.1) is 22.9 Å². The van der Waals surface area contributed by atoms with Gasteiger partial charge in [-0.1, -0.05) is 42.1 Å². The van der Waals surface area contributed by atoms with Crippen LogP contribution in [0.4, 0.5) is 0 Å². The van der Waals surface area contributed by atoms with Gasteiger partial charge in [0.1, 0.15) is 5.75 Å². The molecule has 0 saturated carbocycles. The normalized spacial score (nSPS) is 13.9. The van der Waals surface area contributed by atoms with Gasteiger partial charge in [0.2, 0.25) is 0 Å². The summed E-state index contributed by atoms with van der Waals surface area (Å²) >= 11 is 3.23. The fourth-order valence-electron chi connectivity index (χ4n) is 3.21. The van der Waals surface area contributed by atoms with Crippen LogP contribution in [0.3, 0.4) is 0 Å². The molecule has 2 heterocycles. The van der Waals surface area contributed by atoms with Crippen LogP contribution in [-0.4, -0.2) is 21.9 Å². The Balaban J connectivity index is 1.77. The molecule has 0 radical (unpaired) electrons. The van der Waals surface area contributed by atoms with Crippen molar-refractivity contribution in [1.29, 1.82) is 0 Å². The Hall–Kier alpha value is -2.18. The van der Waals surface area contributed by atoms with Crippen molar-refractivity contribution >= 4 is 23.5 Å². The molecule has 1 aromatic heterocycles. The molecule has 0 fully saturated rings. The average Bonchev–Trinajstić information content (AvgIpc) is 3.19. The first kappa shape index (κ1) is 19.2. The monoisotopic (exact) mass is 410 g/mol. The second-order valence-corrected chi connectivity index (χ2v) is 8.92. The third kappa shape index (κ3) is 3.84. The van der Waals surface area contributed by atoms with E-state index >= 15 is 0 Å². The largest absolute Gasteiger partial charge is 0.494 e. The maximum Gasteiger partial charge on any atom is 0.272 e. The summed E-state index contributed by atoms with van der Waals surface area (Å²) in [6.07, 6.45) is 0.854. The van der Waals surface area contributed by atoms with Gasteiger partial charge in [0.15, 0.2) is 5.16 Å². The van der Waals surface area contributed by atoms with E-state index in [1.807, 2.05) is 49.4 Å². The molecule has 0 saturated heterocycles. The highest BCUT2D eigenvalue weighted by atomic mass is 32.2. The minimum absolute atomic E-state index is 0.0272. The number of nitrogens with zero attached hydrogens (tertiary/aromatic N) is 2. The summed E-state index contributed by atoms with van der Waals surface area (Å²) in [5.41, 5.74) is 2.99. The quantitative estimate of drug-likeness (QED) is 0.416. The number of thioether (sulfide) groups is 2. The minimum atomic E-state index is 0.0272. The van der Waals surface area contributed by atoms with Crippen LogP contribution in [0.1, 0.15) is 30.4 Å². The van der Waals surface area contributed by atoms with E-state index in [1.165, 1.54) is 5.56 Å². The SMILES string of the molecule is CCOc1ccc(-n2c(S[C@H](C)c3ccccc3)nc3c(c2=O)SCC3)cc1. The summed E-state index contributed by atoms with van der Waals surface area (Å²) < 4.78 is 7.29. The Morgan fingerprint density at radius 3 is 2.64 bits per heavy atom. The van der Waals surface area contributed by atoms with Gasteiger partial charge in [0.25, 0.3) is 5.56 Å². The summed E-state index contributed by atoms with van der Waals surface area (Å²) in [6, 6.07) is 18.0. The summed E-state index contributed by atoms with van der Waals surface area (Å²) in [5.74, 6) is 1.72. The van der Waals surface area contributed by atoms with Crippen LogP contribution in [0.2, 0.25) is 0 Å². The van der Waals surface area contributed by atoms with Gasteiger partial charge in [-0.2, -0.15) is 0 Å². The van der Waals surface area contributed by atoms with E-state index in [1.54, 1.807) is 28.1 Å². The second-order valence-electron chi connectivity index (χ2n) is 6.51. The summed E-state index contributed by atoms with van der Waals surface area (Å²) in [7, 11) is 0. The molecule has 1 aliphatic heterocycles. The summed E-state index contributed by atoms with van der Waals surface area (Å²) in [4.78, 5) is 18.9. The Morgan fingerprint density at radius 2 is 1.93 bits per heavy atom. The zero-order valence-corrected chi connectivity index (χ0v) is 17.6. The van der Waals surface area contributed by atoms with Gasteiger partial charge in [-0.15, -0.1) is 11.8 Å². The Morgan fingerprint density at radius 1 is 1.18 bits per heavy atom. The highest BCUT2D eigenvalue weighted by Crippen LogP contribution is 2.36. The zero-order valence-electron chi connectivity index (χ0n) is 15.9. The van der Waals surface area contributed by atoms with Crippen LogP contribution in [0.5, 0.6) is 5.75 Å². The van der Waals surface area contributed by atoms with E-state index in [2.05, 4.69) is 19.1 Å². The van der Waals surface area contributed by atoms with E-state index in [9.17, 15) is 4.79 Å². The molecule has 3 aromatic rings. The van der Waals surface area contributed by atoms with E-state index in [0.29, 0.717) is 6.61 Å². The van der Waals surface area contributed by atoms with Crippen molar-refractivity contribution in [3.05, 3.63) is 76.2 Å². The van der Waals surface area contributed by atoms with Crippen LogP contribution < -0.4 is 10.3 Å². The molecule has 0 amide bonds. The second kappa shape index (κ2) is 8.45. The molecule has 6 heteroatoms. The van der Waals surface area contributed by atoms with Crippen molar-refractivity contribution < 1.29 is 4.74 Å². The van der Waals surface area contributed by atoms with E-state index in [0.717, 1.165) is 39.4 Å². The van der Waals surface area contributed by atoms with Gasteiger partial charge < -0.3 is 4.74 Å². The molecule has 0 unspecified atom stereocenters. The van der Waals surface area contributed by atoms with E-state index in [4.69, 9.17) is 9.72 Å². The standard InChI is InChI=1S/C22H22N2O2S2/c1-3-26-18-11-9-17(10-12-18)24-21(25)20-19(13-14-27-20)23-22(24)28-15(2)16-7-5-4-6-8-16/h4-12,15H,3,13-14H2,1-2H3/t15-/m1/s1. The maximum atomic E-state index is 13.3. The Kier molecular flexibility index (Phi) is 5.78. The van der Waals surface area contributed by atoms with Gasteiger partial charge in [-0.25, -0.2) is 4.98 Å². The number of hydrogen-bond acceptors (Lipinski definition) is 5. The lowest BCUT2D eigenvalue weighted by molar-refractivity contribution is 0.340. The lowest BCUT2D eigenvalue weighted by Gasteiger charge is -2.17. The molecule has 0 spiro atoms. The summed E-state index contributed by atoms with van der Waals surface area (Å²) in [6.45, 7) is 4.72. The van der Waals surface area contributed by atoms with Crippen molar-refractivity contribution in [1.82, 2.24) is 9.55 Å². The van der Waals surface area contributed by atoms with Crippen molar-refractivity contribution in [2.24, 2.45) is 0 Å². The third-order valence-electron chi connectivity index (χ3n) is 4.62. The number of rotatable bonds is 6. The topological polar surface area (TPSA) is 44.1 Å². The average molecular weight is 411 g/mol. The predicted octanol–water partition coefficient (Wildman–Crippen LogP) is 5.13. The van der Waals surface area contributed by atoms with Gasteiger partial charge >= 0.3 is 0 Å². The fraction of sp³-hybridized carbons (Fsp3) is 0.273. The van der Waals surface area contributed by atoms with Crippen molar-refractivity contribution in [3.63, 3.8) is 0 Å². The number of fused-ring (bicyclic) bond motifs is 1. The first-order valence-corrected chi connectivity index (χ1v) is 11.3. The van der Waals surface area contributed by atoms with Crippen LogP contribution in [0.25, 0.3) is 5.69 Å². The van der Waals surface area contributed by atoms with Crippen molar-refractivity contribution in [2.75, 3.05) is 12.4 Å². The number of aryl methyl sites for hydroxylation is 1. The molecule has 4 nitrogen and oxygen atoms in total. The van der Waals surface area contributed by atoms with Gasteiger partial charge in [-0.05, 0) is 43.7 Å². The molecule has 28 heavy (non-hydrogen) atoms. The molecular weight excluding hydrogens is 388 g/mol. The zero-order chi connectivity index (χ0) is 19.5. The van der Waals surface area contributed by atoms with Crippen LogP contribution >= 0.6 is 23.5 Å². The fourth-order valence-corrected chi connectivity index (χ4v) is 5.30. The van der Waals surface area contributed by atoms with Crippen LogP contribution in [-0.2, 0) is 6.42 Å². The number of hydrogen-bond donors (Lipinski definition) is 0. The molecule has 4 rings (SSSR count). The number of aromatic nitrogens is 2. The highest BCUT2D eigenvalue weighted by Gasteiger charge is 2.23. The van der Waals surface area contributed by atoms with Crippen LogP contribution in [0, 0.1) is 0 Å². The predicted molar refractivity (Wildman–Crippen MR) is 116 cm³/mol. The van der Waals surface area contributed by atoms with E-state index < -0.39 is 0 Å². The summed E-state index contributed by atoms with van der Waals surface area (Å²) in [5, 5.41) is 0.931. The van der Waals surface area contributed by atoms with E-state index in [-0.39, 0.29) is 10.8 Å². The molecule has 1 atom stereocenters. The molecule has 1 aliphatic rings. The molecule has 0 N–H and O–H groups in total. The first-order chi connectivity index (χ1) is 13.7. The lowest BCUT2D eigenvalue weighted by Crippen LogP contribution is -2.24. The van der Waals surface area contributed by atoms with Crippen molar-refractivity contribution in [3.8, 4) is 11.4 Å². The molecular formula is C22H22N2O2S2. The minimum Gasteiger partial charge on any atom is -0.494 e. The number of ether oxygens (including phenoxy) is 1. The van der Waals surface area contributed by atoms with Gasteiger partial charge in [0, 0.05) is 17.4 Å². The number of benzene rings is 2. The highest BCUT2D eigenvalue weighted by molar-refractivity contribution is 7.99. The lowest BCUT2D eigenvalue weighted by atomic mass is 10.2. The Labute approximate surface area is 173 Å². The van der Waals surface area contributed by atoms with Gasteiger partial charge in [-0.3, -0.25) is 9.36 Å². The molecule has 0 bridgehead atoms. The Bertz CT molecular complexity index is 1020. The van der Waals surface area contributed by atoms with Crippen LogP contribution in [0.15, 0.2) is 69.4 Å². The molecule has 0 aliphatic carbocycles.